The van der Waals surface area contributed by atoms with Crippen LogP contribution in [0.1, 0.15) is 18.0 Å². The molecule has 3 heterocycles. The molecule has 1 aromatic heterocycles. The van der Waals surface area contributed by atoms with E-state index in [4.69, 9.17) is 10.3 Å². The molecule has 2 aliphatic rings. The van der Waals surface area contributed by atoms with Crippen LogP contribution < -0.4 is 15.8 Å². The van der Waals surface area contributed by atoms with Crippen molar-refractivity contribution >= 4 is 51.6 Å². The van der Waals surface area contributed by atoms with Crippen LogP contribution in [0.15, 0.2) is 46.8 Å². The lowest BCUT2D eigenvalue weighted by Crippen LogP contribution is -2.71. The third kappa shape index (κ3) is 6.11. The number of nitrogens with one attached hydrogen (secondary N) is 3. The van der Waals surface area contributed by atoms with Crippen molar-refractivity contribution in [2.45, 2.75) is 34.3 Å². The van der Waals surface area contributed by atoms with E-state index in [-0.39, 0.29) is 29.6 Å². The minimum Gasteiger partial charge on any atom is -0.477 e. The van der Waals surface area contributed by atoms with Crippen LogP contribution in [0.3, 0.4) is 0 Å². The number of aliphatic carboxylic acids is 1. The maximum Gasteiger partial charge on any atom is 0.352 e. The van der Waals surface area contributed by atoms with Crippen molar-refractivity contribution in [1.29, 1.82) is 0 Å². The van der Waals surface area contributed by atoms with Crippen LogP contribution in [-0.4, -0.2) is 90.3 Å². The number of rotatable bonds is 11. The molecule has 4 rings (SSSR count). The van der Waals surface area contributed by atoms with Gasteiger partial charge in [0.2, 0.25) is 11.1 Å². The van der Waals surface area contributed by atoms with Gasteiger partial charge >= 0.3 is 16.3 Å². The van der Waals surface area contributed by atoms with E-state index in [9.17, 15) is 27.9 Å². The molecule has 0 saturated carbocycles. The Morgan fingerprint density at radius 3 is 2.68 bits per heavy atom. The van der Waals surface area contributed by atoms with Crippen LogP contribution in [0.2, 0.25) is 0 Å². The molecule has 0 bridgehead atoms. The Kier molecular flexibility index (Phi) is 8.14. The molecule has 3 unspecified atom stereocenters. The normalized spacial score (nSPS) is 21.1. The van der Waals surface area contributed by atoms with Gasteiger partial charge in [0.1, 0.15) is 23.2 Å². The van der Waals surface area contributed by atoms with Crippen LogP contribution in [0, 0.1) is 0 Å². The predicted octanol–water partition coefficient (Wildman–Crippen LogP) is -1.12. The first-order valence-corrected chi connectivity index (χ1v) is 14.1. The molecule has 2 aliphatic heterocycles. The molecule has 4 atom stereocenters. The SMILES string of the molecule is NC(C(=O)NC1C(=O)N2C(C(=O)O)=C(C(CCNS(=O)(=O)O)Sc3nn[nH]n3)CS[C@@H]12)c1ccccc1. The van der Waals surface area contributed by atoms with Crippen LogP contribution in [0.4, 0.5) is 0 Å². The number of benzene rings is 1. The van der Waals surface area contributed by atoms with Gasteiger partial charge in [-0.15, -0.1) is 22.0 Å². The first kappa shape index (κ1) is 27.0. The molecule has 1 fully saturated rings. The van der Waals surface area contributed by atoms with Gasteiger partial charge in [0.15, 0.2) is 0 Å². The number of carboxylic acid groups (broad SMARTS) is 1. The van der Waals surface area contributed by atoms with E-state index in [0.29, 0.717) is 11.1 Å². The fourth-order valence-corrected chi connectivity index (χ4v) is 6.81. The van der Waals surface area contributed by atoms with Crippen molar-refractivity contribution in [1.82, 2.24) is 35.6 Å². The minimum absolute atomic E-state index is 0.0461. The first-order chi connectivity index (χ1) is 17.6. The maximum atomic E-state index is 13.0. The molecular weight excluding hydrogens is 548 g/mol. The standard InChI is InChI=1S/C19H22N8O7S3/c20-12(9-4-2-1-3-5-9)15(28)22-13-16(29)27-14(18(30)31)10(8-35-17(13)27)11(6-7-21-37(32,33)34)36-19-23-25-26-24-19/h1-5,11-13,17,21H,6-8,20H2,(H,22,28)(H,30,31)(H,32,33,34)(H,23,24,25,26)/t11?,12?,13?,17-/m0/s1. The molecule has 1 aromatic carbocycles. The van der Waals surface area contributed by atoms with E-state index in [2.05, 4.69) is 25.9 Å². The number of β-lactam (4-membered cyclic amide) rings is 1. The van der Waals surface area contributed by atoms with Crippen molar-refractivity contribution < 1.29 is 32.5 Å². The summed E-state index contributed by atoms with van der Waals surface area (Å²) >= 11 is 2.27. The Morgan fingerprint density at radius 1 is 1.32 bits per heavy atom. The highest BCUT2D eigenvalue weighted by Crippen LogP contribution is 2.44. The Labute approximate surface area is 218 Å². The van der Waals surface area contributed by atoms with Gasteiger partial charge in [-0.1, -0.05) is 42.1 Å². The molecule has 1 saturated heterocycles. The number of tetrazole rings is 1. The zero-order valence-corrected chi connectivity index (χ0v) is 21.3. The number of carboxylic acids is 1. The number of fused-ring (bicyclic) bond motifs is 1. The van der Waals surface area contributed by atoms with E-state index in [0.717, 1.165) is 16.7 Å². The topological polar surface area (TPSA) is 234 Å². The number of carbonyl (C=O) groups excluding carboxylic acids is 2. The molecule has 0 radical (unpaired) electrons. The van der Waals surface area contributed by atoms with E-state index >= 15 is 0 Å². The summed E-state index contributed by atoms with van der Waals surface area (Å²) in [4.78, 5) is 39.1. The van der Waals surface area contributed by atoms with Crippen molar-refractivity contribution in [3.8, 4) is 0 Å². The Bertz CT molecular complexity index is 1310. The van der Waals surface area contributed by atoms with Gasteiger partial charge in [-0.05, 0) is 22.8 Å². The van der Waals surface area contributed by atoms with Crippen molar-refractivity contribution in [3.63, 3.8) is 0 Å². The van der Waals surface area contributed by atoms with Crippen LogP contribution >= 0.6 is 23.5 Å². The Hall–Kier alpha value is -3.03. The van der Waals surface area contributed by atoms with Gasteiger partial charge in [0.25, 0.3) is 5.91 Å². The predicted molar refractivity (Wildman–Crippen MR) is 131 cm³/mol. The Morgan fingerprint density at radius 2 is 2.05 bits per heavy atom. The minimum atomic E-state index is -4.47. The van der Waals surface area contributed by atoms with E-state index < -0.39 is 50.8 Å². The van der Waals surface area contributed by atoms with Crippen molar-refractivity contribution in [2.24, 2.45) is 5.73 Å². The molecule has 2 aromatic rings. The summed E-state index contributed by atoms with van der Waals surface area (Å²) in [5, 5.41) is 24.9. The summed E-state index contributed by atoms with van der Waals surface area (Å²) in [5.74, 6) is -2.38. The number of hydrogen-bond donors (Lipinski definition) is 6. The molecular formula is C19H22N8O7S3. The number of H-pyrrole nitrogens is 1. The summed E-state index contributed by atoms with van der Waals surface area (Å²) in [6.45, 7) is -0.219. The molecule has 198 valence electrons. The summed E-state index contributed by atoms with van der Waals surface area (Å²) in [7, 11) is -4.47. The van der Waals surface area contributed by atoms with Gasteiger partial charge in [-0.2, -0.15) is 18.4 Å². The first-order valence-electron chi connectivity index (χ1n) is 10.7. The smallest absolute Gasteiger partial charge is 0.352 e. The molecule has 2 amide bonds. The van der Waals surface area contributed by atoms with E-state index in [1.165, 1.54) is 11.8 Å². The third-order valence-corrected chi connectivity index (χ3v) is 8.65. The fraction of sp³-hybridized carbons (Fsp3) is 0.368. The van der Waals surface area contributed by atoms with Crippen LogP contribution in [0.5, 0.6) is 0 Å². The molecule has 37 heavy (non-hydrogen) atoms. The number of nitrogens with zero attached hydrogens (tertiary/aromatic N) is 4. The second-order valence-electron chi connectivity index (χ2n) is 7.92. The second kappa shape index (κ2) is 11.2. The van der Waals surface area contributed by atoms with Gasteiger partial charge < -0.3 is 16.2 Å². The monoisotopic (exact) mass is 570 g/mol. The number of aromatic nitrogens is 4. The average molecular weight is 571 g/mol. The van der Waals surface area contributed by atoms with E-state index in [1.807, 2.05) is 4.72 Å². The number of carbonyl (C=O) groups is 3. The third-order valence-electron chi connectivity index (χ3n) is 5.59. The van der Waals surface area contributed by atoms with Gasteiger partial charge in [0.05, 0.1) is 0 Å². The maximum absolute atomic E-state index is 13.0. The number of thioether (sulfide) groups is 2. The summed E-state index contributed by atoms with van der Waals surface area (Å²) < 4.78 is 33.1. The average Bonchev–Trinajstić information content (AvgIpc) is 3.38. The van der Waals surface area contributed by atoms with Crippen LogP contribution in [-0.2, 0) is 24.7 Å². The molecule has 15 nitrogen and oxygen atoms in total. The van der Waals surface area contributed by atoms with Gasteiger partial charge in [0, 0.05) is 17.5 Å². The highest BCUT2D eigenvalue weighted by atomic mass is 32.2. The van der Waals surface area contributed by atoms with Gasteiger partial charge in [-0.3, -0.25) is 19.0 Å². The van der Waals surface area contributed by atoms with Gasteiger partial charge in [-0.25, -0.2) is 4.79 Å². The molecule has 7 N–H and O–H groups in total. The number of aromatic amines is 1. The summed E-state index contributed by atoms with van der Waals surface area (Å²) in [6.07, 6.45) is 0.0461. The quantitative estimate of drug-likeness (QED) is 0.107. The lowest BCUT2D eigenvalue weighted by Gasteiger charge is -2.50. The number of hydrogen-bond acceptors (Lipinski definition) is 11. The molecule has 18 heteroatoms. The lowest BCUT2D eigenvalue weighted by molar-refractivity contribution is -0.150. The van der Waals surface area contributed by atoms with Crippen LogP contribution in [0.25, 0.3) is 0 Å². The molecule has 0 aliphatic carbocycles. The molecule has 0 spiro atoms. The lowest BCUT2D eigenvalue weighted by atomic mass is 9.99. The highest BCUT2D eigenvalue weighted by Gasteiger charge is 2.55. The Balaban J connectivity index is 1.54. The van der Waals surface area contributed by atoms with Crippen molar-refractivity contribution in [2.75, 3.05) is 12.3 Å². The highest BCUT2D eigenvalue weighted by molar-refractivity contribution is 8.01. The largest absolute Gasteiger partial charge is 0.477 e. The summed E-state index contributed by atoms with van der Waals surface area (Å²) in [5.41, 5.74) is 6.65. The second-order valence-corrected chi connectivity index (χ2v) is 11.4. The van der Waals surface area contributed by atoms with E-state index in [1.54, 1.807) is 30.3 Å². The number of nitrogens with two attached hydrogens (primary N) is 1. The fourth-order valence-electron chi connectivity index (χ4n) is 3.90. The zero-order chi connectivity index (χ0) is 26.7. The zero-order valence-electron chi connectivity index (χ0n) is 18.8. The van der Waals surface area contributed by atoms with Crippen molar-refractivity contribution in [3.05, 3.63) is 47.2 Å². The number of amides is 2. The summed E-state index contributed by atoms with van der Waals surface area (Å²) in [6, 6.07) is 6.64.